The first-order chi connectivity index (χ1) is 12.6. The van der Waals surface area contributed by atoms with Gasteiger partial charge in [0.1, 0.15) is 30.3 Å². The smallest absolute Gasteiger partial charge is 0.341 e. The highest BCUT2D eigenvalue weighted by Crippen LogP contribution is 2.32. The van der Waals surface area contributed by atoms with Crippen molar-refractivity contribution in [2.75, 3.05) is 5.73 Å². The van der Waals surface area contributed by atoms with Crippen molar-refractivity contribution in [3.63, 3.8) is 0 Å². The number of anilines is 1. The zero-order chi connectivity index (χ0) is 18.4. The Morgan fingerprint density at radius 2 is 1.38 bits per heavy atom. The van der Waals surface area contributed by atoms with Crippen LogP contribution in [0.5, 0.6) is 11.5 Å². The molecule has 3 N–H and O–H groups in total. The molecule has 3 aromatic rings. The maximum Gasteiger partial charge on any atom is 0.341 e. The van der Waals surface area contributed by atoms with Crippen LogP contribution in [0.25, 0.3) is 0 Å². The number of nitrogens with two attached hydrogens (primary N) is 1. The molecule has 0 aliphatic rings. The number of carboxylic acids is 1. The number of aromatic carboxylic acids is 1. The molecule has 0 aliphatic carbocycles. The van der Waals surface area contributed by atoms with E-state index in [2.05, 4.69) is 0 Å². The third-order valence-electron chi connectivity index (χ3n) is 3.81. The van der Waals surface area contributed by atoms with Gasteiger partial charge in [-0.15, -0.1) is 0 Å². The SMILES string of the molecule is Nc1cc(OCc2ccccc2)cc(OCc2ccccc2)c1C(=O)O. The van der Waals surface area contributed by atoms with Gasteiger partial charge in [-0.25, -0.2) is 4.79 Å². The number of ether oxygens (including phenoxy) is 2. The van der Waals surface area contributed by atoms with Gasteiger partial charge in [-0.2, -0.15) is 0 Å². The molecule has 0 bridgehead atoms. The van der Waals surface area contributed by atoms with Gasteiger partial charge in [0.05, 0.1) is 5.69 Å². The summed E-state index contributed by atoms with van der Waals surface area (Å²) in [5, 5.41) is 9.44. The minimum atomic E-state index is -1.14. The molecule has 3 rings (SSSR count). The van der Waals surface area contributed by atoms with Gasteiger partial charge in [-0.05, 0) is 11.1 Å². The topological polar surface area (TPSA) is 81.8 Å². The summed E-state index contributed by atoms with van der Waals surface area (Å²) in [6.07, 6.45) is 0. The van der Waals surface area contributed by atoms with Gasteiger partial charge in [-0.1, -0.05) is 60.7 Å². The lowest BCUT2D eigenvalue weighted by Gasteiger charge is -2.14. The summed E-state index contributed by atoms with van der Waals surface area (Å²) >= 11 is 0. The van der Waals surface area contributed by atoms with Gasteiger partial charge in [0.15, 0.2) is 0 Å². The van der Waals surface area contributed by atoms with E-state index in [1.165, 1.54) is 6.07 Å². The predicted molar refractivity (Wildman–Crippen MR) is 99.4 cm³/mol. The predicted octanol–water partition coefficient (Wildman–Crippen LogP) is 4.13. The monoisotopic (exact) mass is 349 g/mol. The fourth-order valence-corrected chi connectivity index (χ4v) is 2.51. The van der Waals surface area contributed by atoms with Crippen LogP contribution in [0.3, 0.4) is 0 Å². The number of carboxylic acid groups (broad SMARTS) is 1. The van der Waals surface area contributed by atoms with Crippen molar-refractivity contribution >= 4 is 11.7 Å². The Balaban J connectivity index is 1.80. The standard InChI is InChI=1S/C21H19NO4/c22-18-11-17(25-13-15-7-3-1-4-8-15)12-19(20(18)21(23)24)26-14-16-9-5-2-6-10-16/h1-12H,13-14,22H2,(H,23,24). The quantitative estimate of drug-likeness (QED) is 0.627. The summed E-state index contributed by atoms with van der Waals surface area (Å²) in [7, 11) is 0. The van der Waals surface area contributed by atoms with Crippen molar-refractivity contribution in [1.29, 1.82) is 0 Å². The molecule has 26 heavy (non-hydrogen) atoms. The van der Waals surface area contributed by atoms with Crippen molar-refractivity contribution < 1.29 is 19.4 Å². The molecular formula is C21H19NO4. The number of hydrogen-bond donors (Lipinski definition) is 2. The van der Waals surface area contributed by atoms with Crippen LogP contribution in [0.15, 0.2) is 72.8 Å². The van der Waals surface area contributed by atoms with Crippen LogP contribution in [-0.2, 0) is 13.2 Å². The van der Waals surface area contributed by atoms with E-state index in [9.17, 15) is 9.90 Å². The third kappa shape index (κ3) is 4.33. The Morgan fingerprint density at radius 1 is 0.846 bits per heavy atom. The van der Waals surface area contributed by atoms with Crippen molar-refractivity contribution in [2.45, 2.75) is 13.2 Å². The molecule has 0 aromatic heterocycles. The van der Waals surface area contributed by atoms with Crippen molar-refractivity contribution in [3.8, 4) is 11.5 Å². The first-order valence-corrected chi connectivity index (χ1v) is 8.14. The first kappa shape index (κ1) is 17.4. The van der Waals surface area contributed by atoms with Crippen molar-refractivity contribution in [3.05, 3.63) is 89.5 Å². The second kappa shape index (κ2) is 8.07. The summed E-state index contributed by atoms with van der Waals surface area (Å²) in [5.74, 6) is -0.496. The minimum Gasteiger partial charge on any atom is -0.489 e. The fourth-order valence-electron chi connectivity index (χ4n) is 2.51. The zero-order valence-electron chi connectivity index (χ0n) is 14.1. The molecule has 5 nitrogen and oxygen atoms in total. The number of hydrogen-bond acceptors (Lipinski definition) is 4. The molecule has 132 valence electrons. The minimum absolute atomic E-state index is 0.0620. The van der Waals surface area contributed by atoms with E-state index >= 15 is 0 Å². The lowest BCUT2D eigenvalue weighted by molar-refractivity contribution is 0.0693. The Bertz CT molecular complexity index is 879. The van der Waals surface area contributed by atoms with Crippen LogP contribution in [0.1, 0.15) is 21.5 Å². The van der Waals surface area contributed by atoms with E-state index < -0.39 is 5.97 Å². The molecule has 0 unspecified atom stereocenters. The molecule has 3 aromatic carbocycles. The highest BCUT2D eigenvalue weighted by atomic mass is 16.5. The van der Waals surface area contributed by atoms with Gasteiger partial charge >= 0.3 is 5.97 Å². The average molecular weight is 349 g/mol. The number of carbonyl (C=O) groups is 1. The second-order valence-electron chi connectivity index (χ2n) is 5.74. The van der Waals surface area contributed by atoms with Crippen LogP contribution in [0.2, 0.25) is 0 Å². The van der Waals surface area contributed by atoms with Crippen molar-refractivity contribution in [2.24, 2.45) is 0 Å². The Hall–Kier alpha value is -3.47. The highest BCUT2D eigenvalue weighted by molar-refractivity contribution is 5.97. The molecular weight excluding hydrogens is 330 g/mol. The van der Waals surface area contributed by atoms with Gasteiger partial charge in [0.2, 0.25) is 0 Å². The van der Waals surface area contributed by atoms with Gasteiger partial charge in [0.25, 0.3) is 0 Å². The molecule has 0 amide bonds. The largest absolute Gasteiger partial charge is 0.489 e. The van der Waals surface area contributed by atoms with Crippen LogP contribution in [0.4, 0.5) is 5.69 Å². The first-order valence-electron chi connectivity index (χ1n) is 8.14. The van der Waals surface area contributed by atoms with Gasteiger partial charge in [-0.3, -0.25) is 0 Å². The number of rotatable bonds is 7. The molecule has 0 fully saturated rings. The molecule has 0 saturated carbocycles. The fraction of sp³-hybridized carbons (Fsp3) is 0.0952. The number of benzene rings is 3. The van der Waals surface area contributed by atoms with E-state index in [-0.39, 0.29) is 23.6 Å². The molecule has 0 radical (unpaired) electrons. The van der Waals surface area contributed by atoms with Gasteiger partial charge in [0, 0.05) is 12.1 Å². The van der Waals surface area contributed by atoms with Crippen LogP contribution < -0.4 is 15.2 Å². The lowest BCUT2D eigenvalue weighted by atomic mass is 10.1. The molecule has 0 atom stereocenters. The summed E-state index contributed by atoms with van der Waals surface area (Å²) in [6, 6.07) is 22.2. The molecule has 0 heterocycles. The maximum atomic E-state index is 11.5. The summed E-state index contributed by atoms with van der Waals surface area (Å²) in [4.78, 5) is 11.5. The van der Waals surface area contributed by atoms with E-state index in [4.69, 9.17) is 15.2 Å². The Morgan fingerprint density at radius 3 is 1.92 bits per heavy atom. The molecule has 5 heteroatoms. The van der Waals surface area contributed by atoms with Gasteiger partial charge < -0.3 is 20.3 Å². The van der Waals surface area contributed by atoms with Crippen LogP contribution >= 0.6 is 0 Å². The second-order valence-corrected chi connectivity index (χ2v) is 5.74. The third-order valence-corrected chi connectivity index (χ3v) is 3.81. The van der Waals surface area contributed by atoms with E-state index in [0.717, 1.165) is 11.1 Å². The highest BCUT2D eigenvalue weighted by Gasteiger charge is 2.18. The van der Waals surface area contributed by atoms with E-state index in [1.54, 1.807) is 6.07 Å². The molecule has 0 saturated heterocycles. The van der Waals surface area contributed by atoms with Crippen LogP contribution in [-0.4, -0.2) is 11.1 Å². The van der Waals surface area contributed by atoms with Crippen LogP contribution in [0, 0.1) is 0 Å². The summed E-state index contributed by atoms with van der Waals surface area (Å²) in [5.41, 5.74) is 7.89. The molecule has 0 aliphatic heterocycles. The summed E-state index contributed by atoms with van der Waals surface area (Å²) in [6.45, 7) is 0.591. The van der Waals surface area contributed by atoms with E-state index in [0.29, 0.717) is 12.4 Å². The average Bonchev–Trinajstić information content (AvgIpc) is 2.66. The summed E-state index contributed by atoms with van der Waals surface area (Å²) < 4.78 is 11.5. The number of nitrogen functional groups attached to an aromatic ring is 1. The molecule has 0 spiro atoms. The van der Waals surface area contributed by atoms with Crippen molar-refractivity contribution in [1.82, 2.24) is 0 Å². The Labute approximate surface area is 151 Å². The maximum absolute atomic E-state index is 11.5. The lowest BCUT2D eigenvalue weighted by Crippen LogP contribution is -2.08. The van der Waals surface area contributed by atoms with E-state index in [1.807, 2.05) is 60.7 Å². The Kier molecular flexibility index (Phi) is 5.39. The normalized spacial score (nSPS) is 10.3. The zero-order valence-corrected chi connectivity index (χ0v) is 14.1.